The van der Waals surface area contributed by atoms with Crippen molar-refractivity contribution in [3.05, 3.63) is 30.3 Å². The van der Waals surface area contributed by atoms with Crippen molar-refractivity contribution in [1.29, 1.82) is 0 Å². The number of unbranched alkanes of at least 4 members (excludes halogenated alkanes) is 1. The van der Waals surface area contributed by atoms with Crippen LogP contribution in [0.2, 0.25) is 0 Å². The highest BCUT2D eigenvalue weighted by Gasteiger charge is 2.26. The average molecular weight is 566 g/mol. The molecule has 1 aromatic rings. The van der Waals surface area contributed by atoms with Gasteiger partial charge in [0.2, 0.25) is 11.8 Å². The predicted octanol–water partition coefficient (Wildman–Crippen LogP) is 1.13. The summed E-state index contributed by atoms with van der Waals surface area (Å²) >= 11 is 0. The lowest BCUT2D eigenvalue weighted by atomic mass is 9.92. The molecule has 2 atom stereocenters. The molecule has 0 spiro atoms. The van der Waals surface area contributed by atoms with Gasteiger partial charge < -0.3 is 41.2 Å². The number of carbonyl (C=O) groups excluding carboxylic acids is 4. The summed E-state index contributed by atoms with van der Waals surface area (Å²) in [7, 11) is 1.59. The van der Waals surface area contributed by atoms with Crippen LogP contribution < -0.4 is 31.7 Å². The third kappa shape index (κ3) is 17.5. The molecule has 1 aromatic carbocycles. The molecular weight excluding hydrogens is 518 g/mol. The van der Waals surface area contributed by atoms with Crippen LogP contribution in [0.1, 0.15) is 45.4 Å². The van der Waals surface area contributed by atoms with Gasteiger partial charge in [0.05, 0.1) is 31.8 Å². The summed E-state index contributed by atoms with van der Waals surface area (Å²) in [5, 5.41) is 11.8. The molecule has 3 amide bonds. The molecule has 0 radical (unpaired) electrons. The number of primary amides is 1. The molecule has 0 heterocycles. The van der Waals surface area contributed by atoms with Crippen molar-refractivity contribution < 1.29 is 33.4 Å². The normalized spacial score (nSPS) is 12.3. The van der Waals surface area contributed by atoms with Crippen LogP contribution >= 0.6 is 0 Å². The van der Waals surface area contributed by atoms with Gasteiger partial charge in [0.25, 0.3) is 0 Å². The van der Waals surface area contributed by atoms with E-state index in [1.54, 1.807) is 31.4 Å². The van der Waals surface area contributed by atoms with Gasteiger partial charge in [-0.2, -0.15) is 0 Å². The molecule has 2 unspecified atom stereocenters. The Kier molecular flexibility index (Phi) is 19.9. The summed E-state index contributed by atoms with van der Waals surface area (Å²) in [6.07, 6.45) is 1.89. The summed E-state index contributed by atoms with van der Waals surface area (Å²) in [6, 6.07) is 8.21. The zero-order valence-corrected chi connectivity index (χ0v) is 23.9. The number of amides is 3. The van der Waals surface area contributed by atoms with Gasteiger partial charge in [0.15, 0.2) is 5.78 Å². The number of benzene rings is 1. The van der Waals surface area contributed by atoms with Gasteiger partial charge >= 0.3 is 6.09 Å². The van der Waals surface area contributed by atoms with Crippen LogP contribution in [0.4, 0.5) is 4.79 Å². The van der Waals surface area contributed by atoms with E-state index in [1.807, 2.05) is 6.07 Å². The average Bonchev–Trinajstić information content (AvgIpc) is 2.93. The quantitative estimate of drug-likeness (QED) is 0.115. The Morgan fingerprint density at radius 2 is 1.65 bits per heavy atom. The van der Waals surface area contributed by atoms with Crippen LogP contribution in [-0.4, -0.2) is 89.4 Å². The van der Waals surface area contributed by atoms with E-state index in [4.69, 9.17) is 19.9 Å². The lowest BCUT2D eigenvalue weighted by molar-refractivity contribution is -0.131. The highest BCUT2D eigenvalue weighted by atomic mass is 16.6. The second-order valence-electron chi connectivity index (χ2n) is 9.31. The number of hydrogen-bond donors (Lipinski definition) is 5. The number of methoxy groups -OCH3 is 1. The first-order valence-electron chi connectivity index (χ1n) is 14.0. The van der Waals surface area contributed by atoms with Gasteiger partial charge in [0.1, 0.15) is 5.75 Å². The van der Waals surface area contributed by atoms with E-state index in [-0.39, 0.29) is 24.5 Å². The van der Waals surface area contributed by atoms with Crippen LogP contribution in [0.3, 0.4) is 0 Å². The minimum atomic E-state index is -0.896. The number of ketones is 1. The molecule has 6 N–H and O–H groups in total. The number of ether oxygens (including phenoxy) is 3. The maximum atomic E-state index is 13.2. The number of Topliss-reactive ketones (excluding diaryl/α,β-unsaturated/α-hetero) is 1. The molecule has 0 fully saturated rings. The number of nitrogens with one attached hydrogen (secondary N) is 4. The highest BCUT2D eigenvalue weighted by Crippen LogP contribution is 2.14. The van der Waals surface area contributed by atoms with Crippen LogP contribution in [-0.2, 0) is 23.9 Å². The second kappa shape index (κ2) is 22.7. The monoisotopic (exact) mass is 565 g/mol. The fourth-order valence-electron chi connectivity index (χ4n) is 3.77. The minimum Gasteiger partial charge on any atom is -0.410 e. The predicted molar refractivity (Wildman–Crippen MR) is 152 cm³/mol. The standard InChI is InChI=1S/C28H47N5O7/c1-3-12-30-14-15-32-26(35)21-22(27(29)36)20-25(34)24(31-16-17-39-19-18-38-2)11-7-8-13-33-28(37)40-23-9-5-4-6-10-23/h4-6,9-10,22,24,30-31H,3,7-8,11-21H2,1-2H3,(H2,29,36)(H,32,35)(H,33,37). The van der Waals surface area contributed by atoms with E-state index in [9.17, 15) is 19.2 Å². The summed E-state index contributed by atoms with van der Waals surface area (Å²) in [4.78, 5) is 49.4. The van der Waals surface area contributed by atoms with Crippen molar-refractivity contribution in [2.75, 3.05) is 59.7 Å². The molecule has 0 saturated carbocycles. The molecule has 0 aliphatic carbocycles. The van der Waals surface area contributed by atoms with E-state index in [0.29, 0.717) is 71.0 Å². The molecule has 0 bridgehead atoms. The maximum absolute atomic E-state index is 13.2. The topological polar surface area (TPSA) is 170 Å². The van der Waals surface area contributed by atoms with Crippen molar-refractivity contribution in [2.45, 2.75) is 51.5 Å². The maximum Gasteiger partial charge on any atom is 0.412 e. The molecule has 0 aliphatic rings. The van der Waals surface area contributed by atoms with Gasteiger partial charge in [-0.25, -0.2) is 4.79 Å². The Balaban J connectivity index is 2.54. The first-order chi connectivity index (χ1) is 19.4. The molecule has 0 saturated heterocycles. The summed E-state index contributed by atoms with van der Waals surface area (Å²) < 4.78 is 15.6. The molecule has 12 heteroatoms. The fourth-order valence-corrected chi connectivity index (χ4v) is 3.77. The van der Waals surface area contributed by atoms with E-state index >= 15 is 0 Å². The Morgan fingerprint density at radius 1 is 0.875 bits per heavy atom. The first kappa shape index (κ1) is 35.0. The minimum absolute atomic E-state index is 0.138. The Hall–Kier alpha value is -3.06. The number of carbonyl (C=O) groups is 4. The van der Waals surface area contributed by atoms with Crippen molar-refractivity contribution in [3.8, 4) is 5.75 Å². The summed E-state index contributed by atoms with van der Waals surface area (Å²) in [6.45, 7) is 6.05. The Labute approximate surface area is 237 Å². The van der Waals surface area contributed by atoms with Crippen molar-refractivity contribution >= 4 is 23.7 Å². The van der Waals surface area contributed by atoms with Crippen LogP contribution in [0.15, 0.2) is 30.3 Å². The third-order valence-corrected chi connectivity index (χ3v) is 5.93. The molecule has 0 aromatic heterocycles. The summed E-state index contributed by atoms with van der Waals surface area (Å²) in [5.41, 5.74) is 5.53. The number of rotatable bonds is 24. The number of nitrogens with two attached hydrogens (primary N) is 1. The Morgan fingerprint density at radius 3 is 2.35 bits per heavy atom. The van der Waals surface area contributed by atoms with Crippen molar-refractivity contribution in [1.82, 2.24) is 21.3 Å². The van der Waals surface area contributed by atoms with Gasteiger partial charge in [-0.05, 0) is 44.4 Å². The first-order valence-corrected chi connectivity index (χ1v) is 14.0. The van der Waals surface area contributed by atoms with Gasteiger partial charge in [0, 0.05) is 46.1 Å². The molecule has 1 rings (SSSR count). The van der Waals surface area contributed by atoms with Crippen molar-refractivity contribution in [2.24, 2.45) is 11.7 Å². The van der Waals surface area contributed by atoms with E-state index in [0.717, 1.165) is 13.0 Å². The molecule has 12 nitrogen and oxygen atoms in total. The van der Waals surface area contributed by atoms with Crippen LogP contribution in [0.5, 0.6) is 5.75 Å². The molecule has 40 heavy (non-hydrogen) atoms. The smallest absolute Gasteiger partial charge is 0.410 e. The summed E-state index contributed by atoms with van der Waals surface area (Å²) in [5.74, 6) is -1.65. The third-order valence-electron chi connectivity index (χ3n) is 5.93. The van der Waals surface area contributed by atoms with Gasteiger partial charge in [-0.15, -0.1) is 0 Å². The molecule has 226 valence electrons. The largest absolute Gasteiger partial charge is 0.412 e. The number of hydrogen-bond acceptors (Lipinski definition) is 9. The van der Waals surface area contributed by atoms with Gasteiger partial charge in [-0.1, -0.05) is 25.1 Å². The highest BCUT2D eigenvalue weighted by molar-refractivity contribution is 5.91. The lowest BCUT2D eigenvalue weighted by Crippen LogP contribution is -2.42. The van der Waals surface area contributed by atoms with E-state index < -0.39 is 24.0 Å². The zero-order chi connectivity index (χ0) is 29.4. The zero-order valence-electron chi connectivity index (χ0n) is 23.9. The molecule has 0 aliphatic heterocycles. The Bertz CT molecular complexity index is 857. The van der Waals surface area contributed by atoms with Crippen molar-refractivity contribution in [3.63, 3.8) is 0 Å². The lowest BCUT2D eigenvalue weighted by Gasteiger charge is -2.20. The fraction of sp³-hybridized carbons (Fsp3) is 0.643. The van der Waals surface area contributed by atoms with Gasteiger partial charge in [-0.3, -0.25) is 14.4 Å². The van der Waals surface area contributed by atoms with E-state index in [2.05, 4.69) is 28.2 Å². The number of para-hydroxylation sites is 1. The second-order valence-corrected chi connectivity index (χ2v) is 9.31. The van der Waals surface area contributed by atoms with E-state index in [1.165, 1.54) is 0 Å². The SMILES string of the molecule is CCCNCCNC(=O)CC(CC(=O)C(CCCCNC(=O)Oc1ccccc1)NCCOCCOC)C(N)=O. The molecular formula is C28H47N5O7. The van der Waals surface area contributed by atoms with Crippen LogP contribution in [0, 0.1) is 5.92 Å². The van der Waals surface area contributed by atoms with Crippen LogP contribution in [0.25, 0.3) is 0 Å².